The Morgan fingerprint density at radius 2 is 2.11 bits per heavy atom. The normalized spacial score (nSPS) is 15.1. The molecule has 0 saturated carbocycles. The van der Waals surface area contributed by atoms with E-state index in [0.29, 0.717) is 12.3 Å². The molecular formula is C22H23N3O2S. The molecule has 0 bridgehead atoms. The molecule has 0 radical (unpaired) electrons. The summed E-state index contributed by atoms with van der Waals surface area (Å²) < 4.78 is 7.91. The first-order valence-electron chi connectivity index (χ1n) is 9.36. The second-order valence-corrected chi connectivity index (χ2v) is 7.89. The summed E-state index contributed by atoms with van der Waals surface area (Å²) in [7, 11) is 0. The van der Waals surface area contributed by atoms with Crippen molar-refractivity contribution < 1.29 is 9.53 Å². The van der Waals surface area contributed by atoms with Gasteiger partial charge in [-0.1, -0.05) is 42.1 Å². The minimum Gasteiger partial charge on any atom is -0.488 e. The molecule has 0 saturated heterocycles. The van der Waals surface area contributed by atoms with Crippen LogP contribution in [0, 0.1) is 13.8 Å². The van der Waals surface area contributed by atoms with Crippen LogP contribution in [0.3, 0.4) is 0 Å². The molecule has 0 aliphatic carbocycles. The molecule has 1 N–H and O–H groups in total. The molecule has 5 nitrogen and oxygen atoms in total. The lowest BCUT2D eigenvalue weighted by Gasteiger charge is -2.13. The van der Waals surface area contributed by atoms with Gasteiger partial charge in [-0.3, -0.25) is 9.36 Å². The highest BCUT2D eigenvalue weighted by Gasteiger charge is 2.22. The second-order valence-electron chi connectivity index (χ2n) is 6.94. The van der Waals surface area contributed by atoms with Crippen molar-refractivity contribution in [2.24, 2.45) is 0 Å². The number of carbonyl (C=O) groups excluding carboxylic acids is 1. The van der Waals surface area contributed by atoms with Gasteiger partial charge in [0.1, 0.15) is 11.9 Å². The number of ether oxygens (including phenoxy) is 1. The Hall–Kier alpha value is -2.73. The largest absolute Gasteiger partial charge is 0.488 e. The zero-order chi connectivity index (χ0) is 19.5. The molecule has 0 fully saturated rings. The SMILES string of the molecule is Cc1cccc(-n2ccnc2SCC(=O)NCC2Cc3ccccc3O2)c1C. The molecule has 1 atom stereocenters. The standard InChI is InChI=1S/C22H23N3O2S/c1-15-6-5-8-19(16(15)2)25-11-10-23-22(25)28-14-21(26)24-13-18-12-17-7-3-4-9-20(17)27-18/h3-11,18H,12-14H2,1-2H3,(H,24,26). The third kappa shape index (κ3) is 3.92. The Balaban J connectivity index is 1.32. The van der Waals surface area contributed by atoms with Crippen molar-refractivity contribution in [3.63, 3.8) is 0 Å². The van der Waals surface area contributed by atoms with E-state index in [9.17, 15) is 4.79 Å². The summed E-state index contributed by atoms with van der Waals surface area (Å²) >= 11 is 1.44. The second kappa shape index (κ2) is 8.10. The first-order valence-corrected chi connectivity index (χ1v) is 10.3. The minimum atomic E-state index is -0.0138. The zero-order valence-electron chi connectivity index (χ0n) is 16.0. The molecule has 0 spiro atoms. The van der Waals surface area contributed by atoms with Crippen molar-refractivity contribution in [1.82, 2.24) is 14.9 Å². The molecule has 6 heteroatoms. The Kier molecular flexibility index (Phi) is 5.39. The van der Waals surface area contributed by atoms with Crippen LogP contribution in [0.5, 0.6) is 5.75 Å². The van der Waals surface area contributed by atoms with Crippen molar-refractivity contribution in [3.05, 3.63) is 71.5 Å². The summed E-state index contributed by atoms with van der Waals surface area (Å²) in [6.45, 7) is 4.71. The third-order valence-electron chi connectivity index (χ3n) is 5.02. The Labute approximate surface area is 169 Å². The van der Waals surface area contributed by atoms with Gasteiger partial charge in [0.15, 0.2) is 5.16 Å². The van der Waals surface area contributed by atoms with Gasteiger partial charge in [0.2, 0.25) is 5.91 Å². The van der Waals surface area contributed by atoms with Gasteiger partial charge < -0.3 is 10.1 Å². The van der Waals surface area contributed by atoms with Crippen molar-refractivity contribution in [2.75, 3.05) is 12.3 Å². The molecule has 3 aromatic rings. The first-order chi connectivity index (χ1) is 13.6. The highest BCUT2D eigenvalue weighted by molar-refractivity contribution is 7.99. The summed E-state index contributed by atoms with van der Waals surface area (Å²) in [6, 6.07) is 14.2. The molecular weight excluding hydrogens is 370 g/mol. The molecule has 28 heavy (non-hydrogen) atoms. The molecule has 1 amide bonds. The van der Waals surface area contributed by atoms with Crippen molar-refractivity contribution >= 4 is 17.7 Å². The van der Waals surface area contributed by atoms with E-state index in [4.69, 9.17) is 4.74 Å². The van der Waals surface area contributed by atoms with E-state index in [0.717, 1.165) is 23.0 Å². The predicted octanol–water partition coefficient (Wildman–Crippen LogP) is 3.70. The number of benzene rings is 2. The number of carbonyl (C=O) groups is 1. The third-order valence-corrected chi connectivity index (χ3v) is 5.98. The molecule has 1 aliphatic heterocycles. The highest BCUT2D eigenvalue weighted by Crippen LogP contribution is 2.28. The van der Waals surface area contributed by atoms with Crippen LogP contribution in [0.15, 0.2) is 60.0 Å². The maximum absolute atomic E-state index is 12.3. The number of nitrogens with zero attached hydrogens (tertiary/aromatic N) is 2. The fraction of sp³-hybridized carbons (Fsp3) is 0.273. The van der Waals surface area contributed by atoms with Gasteiger partial charge in [-0.05, 0) is 42.7 Å². The topological polar surface area (TPSA) is 56.2 Å². The molecule has 1 unspecified atom stereocenters. The molecule has 1 aliphatic rings. The van der Waals surface area contributed by atoms with Crippen molar-refractivity contribution in [1.29, 1.82) is 0 Å². The lowest BCUT2D eigenvalue weighted by Crippen LogP contribution is -2.35. The molecule has 2 heterocycles. The van der Waals surface area contributed by atoms with Crippen molar-refractivity contribution in [3.8, 4) is 11.4 Å². The maximum Gasteiger partial charge on any atom is 0.230 e. The van der Waals surface area contributed by atoms with E-state index in [2.05, 4.69) is 42.3 Å². The fourth-order valence-corrected chi connectivity index (χ4v) is 4.15. The van der Waals surface area contributed by atoms with Gasteiger partial charge in [0, 0.05) is 18.8 Å². The van der Waals surface area contributed by atoms with E-state index in [-0.39, 0.29) is 12.0 Å². The van der Waals surface area contributed by atoms with Crippen LogP contribution in [-0.4, -0.2) is 33.9 Å². The number of para-hydroxylation sites is 1. The number of fused-ring (bicyclic) bond motifs is 1. The number of aromatic nitrogens is 2. The summed E-state index contributed by atoms with van der Waals surface area (Å²) in [4.78, 5) is 16.7. The maximum atomic E-state index is 12.3. The van der Waals surface area contributed by atoms with Crippen LogP contribution < -0.4 is 10.1 Å². The van der Waals surface area contributed by atoms with Gasteiger partial charge in [-0.15, -0.1) is 0 Å². The van der Waals surface area contributed by atoms with E-state index in [1.165, 1.54) is 28.5 Å². The predicted molar refractivity (Wildman–Crippen MR) is 111 cm³/mol. The number of thioether (sulfide) groups is 1. The zero-order valence-corrected chi connectivity index (χ0v) is 16.8. The van der Waals surface area contributed by atoms with Gasteiger partial charge in [-0.2, -0.15) is 0 Å². The number of hydrogen-bond acceptors (Lipinski definition) is 4. The van der Waals surface area contributed by atoms with Crippen LogP contribution >= 0.6 is 11.8 Å². The number of hydrogen-bond donors (Lipinski definition) is 1. The lowest BCUT2D eigenvalue weighted by atomic mass is 10.1. The smallest absolute Gasteiger partial charge is 0.230 e. The summed E-state index contributed by atoms with van der Waals surface area (Å²) in [5.41, 5.74) is 4.74. The number of nitrogens with one attached hydrogen (secondary N) is 1. The number of rotatable bonds is 6. The minimum absolute atomic E-state index is 0.00304. The van der Waals surface area contributed by atoms with Gasteiger partial charge in [-0.25, -0.2) is 4.98 Å². The van der Waals surface area contributed by atoms with Crippen LogP contribution in [0.4, 0.5) is 0 Å². The summed E-state index contributed by atoms with van der Waals surface area (Å²) in [5, 5.41) is 3.79. The average molecular weight is 394 g/mol. The average Bonchev–Trinajstić information content (AvgIpc) is 3.33. The Morgan fingerprint density at radius 1 is 1.25 bits per heavy atom. The van der Waals surface area contributed by atoms with Gasteiger partial charge in [0.25, 0.3) is 0 Å². The van der Waals surface area contributed by atoms with Crippen LogP contribution in [0.2, 0.25) is 0 Å². The monoisotopic (exact) mass is 393 g/mol. The number of aryl methyl sites for hydroxylation is 1. The molecule has 144 valence electrons. The quantitative estimate of drug-likeness (QED) is 0.649. The van der Waals surface area contributed by atoms with E-state index < -0.39 is 0 Å². The van der Waals surface area contributed by atoms with Gasteiger partial charge in [0.05, 0.1) is 18.0 Å². The lowest BCUT2D eigenvalue weighted by molar-refractivity contribution is -0.118. The number of amides is 1. The summed E-state index contributed by atoms with van der Waals surface area (Å²) in [5.74, 6) is 1.23. The van der Waals surface area contributed by atoms with Crippen LogP contribution in [0.1, 0.15) is 16.7 Å². The van der Waals surface area contributed by atoms with Crippen molar-refractivity contribution in [2.45, 2.75) is 31.5 Å². The molecule has 2 aromatic carbocycles. The van der Waals surface area contributed by atoms with E-state index >= 15 is 0 Å². The van der Waals surface area contributed by atoms with Crippen LogP contribution in [-0.2, 0) is 11.2 Å². The molecule has 4 rings (SSSR count). The van der Waals surface area contributed by atoms with E-state index in [1.54, 1.807) is 6.20 Å². The fourth-order valence-electron chi connectivity index (χ4n) is 3.35. The first kappa shape index (κ1) is 18.6. The highest BCUT2D eigenvalue weighted by atomic mass is 32.2. The number of imidazole rings is 1. The van der Waals surface area contributed by atoms with Crippen LogP contribution in [0.25, 0.3) is 5.69 Å². The van der Waals surface area contributed by atoms with Gasteiger partial charge >= 0.3 is 0 Å². The molecule has 1 aromatic heterocycles. The Morgan fingerprint density at radius 3 is 2.96 bits per heavy atom. The summed E-state index contributed by atoms with van der Waals surface area (Å²) in [6.07, 6.45) is 4.54. The van der Waals surface area contributed by atoms with E-state index in [1.807, 2.05) is 35.0 Å². The Bertz CT molecular complexity index is 974.